The van der Waals surface area contributed by atoms with Gasteiger partial charge in [0.05, 0.1) is 11.6 Å². The summed E-state index contributed by atoms with van der Waals surface area (Å²) in [7, 11) is 0. The van der Waals surface area contributed by atoms with Crippen molar-refractivity contribution in [1.29, 1.82) is 0 Å². The molecule has 1 N–H and O–H groups in total. The molecule has 1 rings (SSSR count). The number of hydrogen-bond donors (Lipinski definition) is 1. The second-order valence-corrected chi connectivity index (χ2v) is 4.32. The van der Waals surface area contributed by atoms with Gasteiger partial charge in [-0.3, -0.25) is 9.48 Å². The number of carboxylic acid groups (broad SMARTS) is 1. The molecule has 90 valence electrons. The first-order valence-electron chi connectivity index (χ1n) is 5.73. The zero-order chi connectivity index (χ0) is 12.3. The lowest BCUT2D eigenvalue weighted by molar-refractivity contribution is -0.141. The van der Waals surface area contributed by atoms with Crippen molar-refractivity contribution < 1.29 is 9.90 Å². The highest BCUT2D eigenvalue weighted by Gasteiger charge is 2.17. The topological polar surface area (TPSA) is 55.1 Å². The fraction of sp³-hybridized carbons (Fsp3) is 0.667. The minimum atomic E-state index is -0.748. The Balaban J connectivity index is 2.91. The van der Waals surface area contributed by atoms with Crippen LogP contribution in [-0.4, -0.2) is 20.9 Å². The molecule has 1 unspecified atom stereocenters. The Morgan fingerprint density at radius 1 is 1.50 bits per heavy atom. The minimum Gasteiger partial charge on any atom is -0.481 e. The second-order valence-electron chi connectivity index (χ2n) is 4.32. The van der Waals surface area contributed by atoms with Crippen molar-refractivity contribution in [3.05, 3.63) is 17.0 Å². The van der Waals surface area contributed by atoms with Gasteiger partial charge in [-0.1, -0.05) is 13.8 Å². The lowest BCUT2D eigenvalue weighted by atomic mass is 10.00. The summed E-state index contributed by atoms with van der Waals surface area (Å²) in [6.07, 6.45) is 1.60. The predicted octanol–water partition coefficient (Wildman–Crippen LogP) is 2.17. The molecule has 16 heavy (non-hydrogen) atoms. The molecule has 0 saturated heterocycles. The van der Waals surface area contributed by atoms with Gasteiger partial charge in [-0.25, -0.2) is 0 Å². The zero-order valence-electron chi connectivity index (χ0n) is 10.4. The first-order valence-corrected chi connectivity index (χ1v) is 5.73. The largest absolute Gasteiger partial charge is 0.481 e. The Bertz CT molecular complexity index is 383. The lowest BCUT2D eigenvalue weighted by Crippen LogP contribution is -2.13. The van der Waals surface area contributed by atoms with Gasteiger partial charge in [0.15, 0.2) is 0 Å². The van der Waals surface area contributed by atoms with E-state index in [9.17, 15) is 4.79 Å². The van der Waals surface area contributed by atoms with E-state index < -0.39 is 5.97 Å². The number of aromatic nitrogens is 2. The summed E-state index contributed by atoms with van der Waals surface area (Å²) < 4.78 is 1.97. The molecule has 4 nitrogen and oxygen atoms in total. The standard InChI is InChI=1S/C12H20N2O2/c1-5-6-14-10(4)11(9(3)13-14)7-8(2)12(15)16/h8H,5-7H2,1-4H3,(H,15,16). The number of nitrogens with zero attached hydrogens (tertiary/aromatic N) is 2. The number of aryl methyl sites for hydroxylation is 2. The minimum absolute atomic E-state index is 0.350. The SMILES string of the molecule is CCCn1nc(C)c(CC(C)C(=O)O)c1C. The highest BCUT2D eigenvalue weighted by atomic mass is 16.4. The van der Waals surface area contributed by atoms with Gasteiger partial charge < -0.3 is 5.11 Å². The van der Waals surface area contributed by atoms with Crippen LogP contribution in [0, 0.1) is 19.8 Å². The quantitative estimate of drug-likeness (QED) is 0.834. The van der Waals surface area contributed by atoms with Crippen molar-refractivity contribution in [2.24, 2.45) is 5.92 Å². The molecule has 1 atom stereocenters. The maximum Gasteiger partial charge on any atom is 0.306 e. The molecule has 1 aromatic rings. The Morgan fingerprint density at radius 3 is 2.62 bits per heavy atom. The third-order valence-corrected chi connectivity index (χ3v) is 2.90. The average molecular weight is 224 g/mol. The van der Waals surface area contributed by atoms with Crippen LogP contribution in [0.1, 0.15) is 37.2 Å². The highest BCUT2D eigenvalue weighted by molar-refractivity contribution is 5.70. The predicted molar refractivity (Wildman–Crippen MR) is 62.5 cm³/mol. The Kier molecular flexibility index (Phi) is 4.10. The number of carboxylic acids is 1. The van der Waals surface area contributed by atoms with Crippen molar-refractivity contribution in [3.63, 3.8) is 0 Å². The molecule has 0 bridgehead atoms. The summed E-state index contributed by atoms with van der Waals surface area (Å²) in [5.74, 6) is -1.10. The number of hydrogen-bond acceptors (Lipinski definition) is 2. The highest BCUT2D eigenvalue weighted by Crippen LogP contribution is 2.18. The molecule has 0 radical (unpaired) electrons. The molecule has 0 saturated carbocycles. The fourth-order valence-corrected chi connectivity index (χ4v) is 1.85. The van der Waals surface area contributed by atoms with Crippen LogP contribution in [0.15, 0.2) is 0 Å². The summed E-state index contributed by atoms with van der Waals surface area (Å²) in [5, 5.41) is 13.3. The van der Waals surface area contributed by atoms with E-state index in [0.29, 0.717) is 6.42 Å². The van der Waals surface area contributed by atoms with E-state index >= 15 is 0 Å². The molecule has 1 heterocycles. The van der Waals surface area contributed by atoms with Gasteiger partial charge in [0, 0.05) is 12.2 Å². The second kappa shape index (κ2) is 5.14. The van der Waals surface area contributed by atoms with E-state index in [1.165, 1.54) is 0 Å². The van der Waals surface area contributed by atoms with Gasteiger partial charge in [-0.2, -0.15) is 5.10 Å². The van der Waals surface area contributed by atoms with Crippen LogP contribution in [0.4, 0.5) is 0 Å². The van der Waals surface area contributed by atoms with E-state index in [-0.39, 0.29) is 5.92 Å². The molecule has 0 amide bonds. The summed E-state index contributed by atoms with van der Waals surface area (Å²) >= 11 is 0. The van der Waals surface area contributed by atoms with Gasteiger partial charge in [0.2, 0.25) is 0 Å². The first kappa shape index (κ1) is 12.7. The van der Waals surface area contributed by atoms with Crippen molar-refractivity contribution in [2.75, 3.05) is 0 Å². The zero-order valence-corrected chi connectivity index (χ0v) is 10.4. The number of aliphatic carboxylic acids is 1. The maximum absolute atomic E-state index is 10.8. The third-order valence-electron chi connectivity index (χ3n) is 2.90. The van der Waals surface area contributed by atoms with E-state index in [1.54, 1.807) is 6.92 Å². The average Bonchev–Trinajstić information content (AvgIpc) is 2.46. The van der Waals surface area contributed by atoms with Gasteiger partial charge >= 0.3 is 5.97 Å². The summed E-state index contributed by atoms with van der Waals surface area (Å²) in [6.45, 7) is 8.70. The monoisotopic (exact) mass is 224 g/mol. The van der Waals surface area contributed by atoms with Crippen molar-refractivity contribution in [1.82, 2.24) is 9.78 Å². The Morgan fingerprint density at radius 2 is 2.12 bits per heavy atom. The maximum atomic E-state index is 10.8. The van der Waals surface area contributed by atoms with Crippen LogP contribution in [0.25, 0.3) is 0 Å². The van der Waals surface area contributed by atoms with E-state index in [0.717, 1.165) is 29.9 Å². The van der Waals surface area contributed by atoms with Crippen LogP contribution in [0.3, 0.4) is 0 Å². The van der Waals surface area contributed by atoms with Gasteiger partial charge in [-0.15, -0.1) is 0 Å². The van der Waals surface area contributed by atoms with E-state index in [2.05, 4.69) is 12.0 Å². The van der Waals surface area contributed by atoms with Crippen LogP contribution >= 0.6 is 0 Å². The summed E-state index contributed by atoms with van der Waals surface area (Å²) in [4.78, 5) is 10.8. The van der Waals surface area contributed by atoms with Crippen molar-refractivity contribution in [3.8, 4) is 0 Å². The van der Waals surface area contributed by atoms with Crippen molar-refractivity contribution >= 4 is 5.97 Å². The van der Waals surface area contributed by atoms with Crippen LogP contribution < -0.4 is 0 Å². The molecular formula is C12H20N2O2. The van der Waals surface area contributed by atoms with Crippen molar-refractivity contribution in [2.45, 2.75) is 47.1 Å². The third kappa shape index (κ3) is 2.62. The van der Waals surface area contributed by atoms with Crippen LogP contribution in [0.5, 0.6) is 0 Å². The molecular weight excluding hydrogens is 204 g/mol. The molecule has 0 aliphatic carbocycles. The Hall–Kier alpha value is -1.32. The number of carbonyl (C=O) groups is 1. The molecule has 4 heteroatoms. The van der Waals surface area contributed by atoms with Gasteiger partial charge in [0.25, 0.3) is 0 Å². The first-order chi connectivity index (χ1) is 7.47. The molecule has 0 aliphatic heterocycles. The lowest BCUT2D eigenvalue weighted by Gasteiger charge is -2.07. The molecule has 0 spiro atoms. The molecule has 1 aromatic heterocycles. The molecule has 0 fully saturated rings. The van der Waals surface area contributed by atoms with E-state index in [4.69, 9.17) is 5.11 Å². The van der Waals surface area contributed by atoms with Gasteiger partial charge in [0.1, 0.15) is 0 Å². The van der Waals surface area contributed by atoms with Crippen LogP contribution in [0.2, 0.25) is 0 Å². The molecule has 0 aromatic carbocycles. The van der Waals surface area contributed by atoms with Gasteiger partial charge in [-0.05, 0) is 32.3 Å². The fourth-order valence-electron chi connectivity index (χ4n) is 1.85. The van der Waals surface area contributed by atoms with E-state index in [1.807, 2.05) is 18.5 Å². The Labute approximate surface area is 96.3 Å². The summed E-state index contributed by atoms with van der Waals surface area (Å²) in [5.41, 5.74) is 3.15. The smallest absolute Gasteiger partial charge is 0.306 e. The van der Waals surface area contributed by atoms with Crippen LogP contribution in [-0.2, 0) is 17.8 Å². The number of rotatable bonds is 5. The summed E-state index contributed by atoms with van der Waals surface area (Å²) in [6, 6.07) is 0. The molecule has 0 aliphatic rings. The normalized spacial score (nSPS) is 12.8.